The van der Waals surface area contributed by atoms with Gasteiger partial charge in [0.15, 0.2) is 0 Å². The number of rotatable bonds is 6. The Hall–Kier alpha value is -2.05. The lowest BCUT2D eigenvalue weighted by atomic mass is 10.1. The van der Waals surface area contributed by atoms with Gasteiger partial charge >= 0.3 is 12.0 Å². The second-order valence-corrected chi connectivity index (χ2v) is 4.78. The zero-order chi connectivity index (χ0) is 14.5. The quantitative estimate of drug-likeness (QED) is 0.746. The number of nitrogens with one attached hydrogen (secondary N) is 1. The minimum Gasteiger partial charge on any atom is -0.480 e. The molecule has 1 aromatic heterocycles. The summed E-state index contributed by atoms with van der Waals surface area (Å²) in [5, 5.41) is 15.8. The third kappa shape index (κ3) is 3.97. The van der Waals surface area contributed by atoms with Gasteiger partial charge in [0.2, 0.25) is 0 Å². The van der Waals surface area contributed by atoms with Crippen LogP contribution in [0.25, 0.3) is 0 Å². The maximum Gasteiger partial charge on any atom is 0.329 e. The summed E-state index contributed by atoms with van der Waals surface area (Å²) in [4.78, 5) is 24.0. The summed E-state index contributed by atoms with van der Waals surface area (Å²) in [7, 11) is 1.47. The predicted molar refractivity (Wildman–Crippen MR) is 69.7 cm³/mol. The Bertz CT molecular complexity index is 428. The van der Waals surface area contributed by atoms with Crippen LogP contribution in [0.3, 0.4) is 0 Å². The summed E-state index contributed by atoms with van der Waals surface area (Å²) in [5.41, 5.74) is -1.23. The molecule has 1 rings (SSSR count). The third-order valence-electron chi connectivity index (χ3n) is 3.07. The first-order valence-corrected chi connectivity index (χ1v) is 6.08. The minimum absolute atomic E-state index is 0.395. The van der Waals surface area contributed by atoms with Crippen LogP contribution in [-0.2, 0) is 11.3 Å². The molecule has 2 N–H and O–H groups in total. The molecule has 1 heterocycles. The normalized spacial score (nSPS) is 11.1. The molecule has 0 aromatic carbocycles. The van der Waals surface area contributed by atoms with Crippen LogP contribution in [0, 0.1) is 0 Å². The maximum atomic E-state index is 11.8. The molecule has 0 fully saturated rings. The molecule has 0 aliphatic carbocycles. The van der Waals surface area contributed by atoms with Crippen LogP contribution < -0.4 is 5.32 Å². The standard InChI is InChI=1S/C12H20N4O3/c1-12(2,10(17)18)15(3)11(19)13-6-4-8-16-9-5-7-14-16/h5,7,9H,4,6,8H2,1-3H3,(H,13,19)(H,17,18). The Morgan fingerprint density at radius 1 is 1.47 bits per heavy atom. The van der Waals surface area contributed by atoms with Crippen molar-refractivity contribution in [2.75, 3.05) is 13.6 Å². The number of nitrogens with zero attached hydrogens (tertiary/aromatic N) is 3. The fourth-order valence-electron chi connectivity index (χ4n) is 1.39. The number of carbonyl (C=O) groups is 2. The van der Waals surface area contributed by atoms with Crippen molar-refractivity contribution in [2.45, 2.75) is 32.4 Å². The number of carboxylic acid groups (broad SMARTS) is 1. The molecule has 7 heteroatoms. The first-order valence-electron chi connectivity index (χ1n) is 6.08. The monoisotopic (exact) mass is 268 g/mol. The molecule has 0 bridgehead atoms. The van der Waals surface area contributed by atoms with Gasteiger partial charge in [0, 0.05) is 32.5 Å². The second kappa shape index (κ2) is 6.21. The predicted octanol–water partition coefficient (Wildman–Crippen LogP) is 0.778. The first kappa shape index (κ1) is 15.0. The number of aryl methyl sites for hydroxylation is 1. The topological polar surface area (TPSA) is 87.5 Å². The van der Waals surface area contributed by atoms with E-state index in [1.54, 1.807) is 10.9 Å². The third-order valence-corrected chi connectivity index (χ3v) is 3.07. The number of urea groups is 1. The number of carboxylic acids is 1. The highest BCUT2D eigenvalue weighted by Gasteiger charge is 2.34. The van der Waals surface area contributed by atoms with E-state index in [-0.39, 0.29) is 0 Å². The molecule has 0 radical (unpaired) electrons. The molecule has 0 saturated heterocycles. The largest absolute Gasteiger partial charge is 0.480 e. The van der Waals surface area contributed by atoms with Gasteiger partial charge in [0.05, 0.1) is 0 Å². The molecular weight excluding hydrogens is 248 g/mol. The van der Waals surface area contributed by atoms with E-state index in [0.29, 0.717) is 13.1 Å². The van der Waals surface area contributed by atoms with Crippen molar-refractivity contribution in [3.63, 3.8) is 0 Å². The van der Waals surface area contributed by atoms with E-state index in [4.69, 9.17) is 5.11 Å². The van der Waals surface area contributed by atoms with E-state index in [0.717, 1.165) is 6.42 Å². The number of hydrogen-bond acceptors (Lipinski definition) is 3. The number of aliphatic carboxylic acids is 1. The lowest BCUT2D eigenvalue weighted by molar-refractivity contribution is -0.146. The van der Waals surface area contributed by atoms with Crippen LogP contribution >= 0.6 is 0 Å². The Morgan fingerprint density at radius 3 is 2.68 bits per heavy atom. The molecule has 0 saturated carbocycles. The van der Waals surface area contributed by atoms with Crippen LogP contribution in [0.1, 0.15) is 20.3 Å². The van der Waals surface area contributed by atoms with Crippen molar-refractivity contribution >= 4 is 12.0 Å². The lowest BCUT2D eigenvalue weighted by Gasteiger charge is -2.31. The van der Waals surface area contributed by atoms with Gasteiger partial charge in [0.1, 0.15) is 5.54 Å². The van der Waals surface area contributed by atoms with Crippen molar-refractivity contribution in [3.8, 4) is 0 Å². The summed E-state index contributed by atoms with van der Waals surface area (Å²) in [5.74, 6) is -1.04. The first-order chi connectivity index (χ1) is 8.85. The van der Waals surface area contributed by atoms with Gasteiger partial charge in [0.25, 0.3) is 0 Å². The zero-order valence-corrected chi connectivity index (χ0v) is 11.5. The summed E-state index contributed by atoms with van der Waals surface area (Å²) in [6.07, 6.45) is 4.28. The highest BCUT2D eigenvalue weighted by atomic mass is 16.4. The maximum absolute atomic E-state index is 11.8. The average Bonchev–Trinajstić information content (AvgIpc) is 2.86. The van der Waals surface area contributed by atoms with E-state index in [1.165, 1.54) is 25.8 Å². The summed E-state index contributed by atoms with van der Waals surface area (Å²) in [6.45, 7) is 4.15. The molecule has 1 aromatic rings. The minimum atomic E-state index is -1.23. The smallest absolute Gasteiger partial charge is 0.329 e. The summed E-state index contributed by atoms with van der Waals surface area (Å²) in [6, 6.07) is 1.44. The van der Waals surface area contributed by atoms with E-state index in [9.17, 15) is 9.59 Å². The highest BCUT2D eigenvalue weighted by Crippen LogP contribution is 2.12. The average molecular weight is 268 g/mol. The van der Waals surface area contributed by atoms with E-state index >= 15 is 0 Å². The van der Waals surface area contributed by atoms with Crippen molar-refractivity contribution in [1.82, 2.24) is 20.0 Å². The zero-order valence-electron chi connectivity index (χ0n) is 11.5. The van der Waals surface area contributed by atoms with Gasteiger partial charge in [-0.15, -0.1) is 0 Å². The number of amides is 2. The molecule has 0 aliphatic heterocycles. The second-order valence-electron chi connectivity index (χ2n) is 4.78. The van der Waals surface area contributed by atoms with Crippen molar-refractivity contribution < 1.29 is 14.7 Å². The van der Waals surface area contributed by atoms with E-state index < -0.39 is 17.5 Å². The molecule has 0 unspecified atom stereocenters. The summed E-state index contributed by atoms with van der Waals surface area (Å²) < 4.78 is 1.77. The number of carbonyl (C=O) groups excluding carboxylic acids is 1. The van der Waals surface area contributed by atoms with Gasteiger partial charge in [-0.3, -0.25) is 4.68 Å². The fourth-order valence-corrected chi connectivity index (χ4v) is 1.39. The number of likely N-dealkylation sites (N-methyl/N-ethyl adjacent to an activating group) is 1. The van der Waals surface area contributed by atoms with Gasteiger partial charge < -0.3 is 15.3 Å². The van der Waals surface area contributed by atoms with Crippen LogP contribution in [0.15, 0.2) is 18.5 Å². The van der Waals surface area contributed by atoms with E-state index in [2.05, 4.69) is 10.4 Å². The molecule has 0 atom stereocenters. The summed E-state index contributed by atoms with van der Waals surface area (Å²) >= 11 is 0. The van der Waals surface area contributed by atoms with Gasteiger partial charge in [-0.2, -0.15) is 5.10 Å². The Morgan fingerprint density at radius 2 is 2.16 bits per heavy atom. The molecular formula is C12H20N4O3. The van der Waals surface area contributed by atoms with Crippen molar-refractivity contribution in [1.29, 1.82) is 0 Å². The molecule has 0 spiro atoms. The lowest BCUT2D eigenvalue weighted by Crippen LogP contribution is -2.54. The van der Waals surface area contributed by atoms with Crippen LogP contribution in [0.5, 0.6) is 0 Å². The molecule has 0 aliphatic rings. The van der Waals surface area contributed by atoms with Crippen LogP contribution in [0.2, 0.25) is 0 Å². The Balaban J connectivity index is 2.33. The molecule has 7 nitrogen and oxygen atoms in total. The van der Waals surface area contributed by atoms with Crippen molar-refractivity contribution in [3.05, 3.63) is 18.5 Å². The fraction of sp³-hybridized carbons (Fsp3) is 0.583. The van der Waals surface area contributed by atoms with E-state index in [1.807, 2.05) is 12.3 Å². The molecule has 2 amide bonds. The Labute approximate surface area is 112 Å². The number of aromatic nitrogens is 2. The highest BCUT2D eigenvalue weighted by molar-refractivity contribution is 5.85. The van der Waals surface area contributed by atoms with Crippen LogP contribution in [0.4, 0.5) is 4.79 Å². The van der Waals surface area contributed by atoms with Gasteiger partial charge in [-0.25, -0.2) is 9.59 Å². The van der Waals surface area contributed by atoms with Crippen LogP contribution in [-0.4, -0.2) is 50.9 Å². The number of hydrogen-bond donors (Lipinski definition) is 2. The molecule has 106 valence electrons. The van der Waals surface area contributed by atoms with Gasteiger partial charge in [-0.1, -0.05) is 0 Å². The van der Waals surface area contributed by atoms with Crippen molar-refractivity contribution in [2.24, 2.45) is 0 Å². The molecule has 19 heavy (non-hydrogen) atoms. The SMILES string of the molecule is CN(C(=O)NCCCn1cccn1)C(C)(C)C(=O)O. The van der Waals surface area contributed by atoms with Gasteiger partial charge in [-0.05, 0) is 26.3 Å². The Kier molecular flexibility index (Phi) is 4.91.